The molecule has 3 nitrogen and oxygen atoms in total. The van der Waals surface area contributed by atoms with Crippen molar-refractivity contribution in [3.05, 3.63) is 54.1 Å². The Bertz CT molecular complexity index is 635. The van der Waals surface area contributed by atoms with Gasteiger partial charge in [0.05, 0.1) is 0 Å². The van der Waals surface area contributed by atoms with E-state index in [9.17, 15) is 0 Å². The average molecular weight is 311 g/mol. The predicted molar refractivity (Wildman–Crippen MR) is 93.5 cm³/mol. The van der Waals surface area contributed by atoms with Gasteiger partial charge in [-0.05, 0) is 63.5 Å². The zero-order chi connectivity index (χ0) is 16.1. The molecular formula is C20H25NO2. The minimum atomic E-state index is 0.148. The van der Waals surface area contributed by atoms with E-state index in [1.807, 2.05) is 42.5 Å². The summed E-state index contributed by atoms with van der Waals surface area (Å²) in [6.45, 7) is 7.53. The molecule has 0 aromatic heterocycles. The molecule has 2 aromatic rings. The molecule has 0 aliphatic carbocycles. The molecule has 1 heterocycles. The SMILES string of the molecule is Cc1ccccc1Oc1ccccc1OC(C)CN1CCCC1. The van der Waals surface area contributed by atoms with Crippen molar-refractivity contribution in [2.45, 2.75) is 32.8 Å². The number of likely N-dealkylation sites (tertiary alicyclic amines) is 1. The highest BCUT2D eigenvalue weighted by Crippen LogP contribution is 2.33. The number of benzene rings is 2. The predicted octanol–water partition coefficient (Wildman–Crippen LogP) is 4.65. The van der Waals surface area contributed by atoms with Gasteiger partial charge in [-0.25, -0.2) is 0 Å². The van der Waals surface area contributed by atoms with Gasteiger partial charge < -0.3 is 9.47 Å². The van der Waals surface area contributed by atoms with E-state index in [4.69, 9.17) is 9.47 Å². The Balaban J connectivity index is 1.69. The summed E-state index contributed by atoms with van der Waals surface area (Å²) in [5.41, 5.74) is 1.12. The molecule has 1 fully saturated rings. The molecule has 0 radical (unpaired) electrons. The topological polar surface area (TPSA) is 21.7 Å². The Labute approximate surface area is 138 Å². The summed E-state index contributed by atoms with van der Waals surface area (Å²) in [7, 11) is 0. The van der Waals surface area contributed by atoms with Crippen LogP contribution in [-0.4, -0.2) is 30.6 Å². The minimum absolute atomic E-state index is 0.148. The maximum Gasteiger partial charge on any atom is 0.169 e. The molecule has 3 rings (SSSR count). The Morgan fingerprint density at radius 2 is 1.52 bits per heavy atom. The van der Waals surface area contributed by atoms with Crippen LogP contribution in [0.1, 0.15) is 25.3 Å². The van der Waals surface area contributed by atoms with E-state index in [1.165, 1.54) is 25.9 Å². The Morgan fingerprint density at radius 1 is 0.913 bits per heavy atom. The third-order valence-electron chi connectivity index (χ3n) is 4.20. The third kappa shape index (κ3) is 4.26. The molecule has 1 saturated heterocycles. The second-order valence-electron chi connectivity index (χ2n) is 6.25. The fourth-order valence-electron chi connectivity index (χ4n) is 3.00. The van der Waals surface area contributed by atoms with Crippen LogP contribution in [0.2, 0.25) is 0 Å². The first-order valence-corrected chi connectivity index (χ1v) is 8.44. The van der Waals surface area contributed by atoms with Crippen LogP contribution in [0.3, 0.4) is 0 Å². The zero-order valence-corrected chi connectivity index (χ0v) is 14.0. The molecule has 0 N–H and O–H groups in total. The number of aryl methyl sites for hydroxylation is 1. The molecule has 1 aliphatic rings. The van der Waals surface area contributed by atoms with Gasteiger partial charge in [0.2, 0.25) is 0 Å². The number of hydrogen-bond acceptors (Lipinski definition) is 3. The van der Waals surface area contributed by atoms with Gasteiger partial charge in [-0.15, -0.1) is 0 Å². The average Bonchev–Trinajstić information content (AvgIpc) is 3.04. The maximum atomic E-state index is 6.15. The summed E-state index contributed by atoms with van der Waals surface area (Å²) < 4.78 is 12.2. The molecule has 1 aliphatic heterocycles. The van der Waals surface area contributed by atoms with E-state index < -0.39 is 0 Å². The van der Waals surface area contributed by atoms with E-state index in [1.54, 1.807) is 0 Å². The molecule has 1 unspecified atom stereocenters. The van der Waals surface area contributed by atoms with E-state index in [-0.39, 0.29) is 6.10 Å². The van der Waals surface area contributed by atoms with Gasteiger partial charge >= 0.3 is 0 Å². The number of ether oxygens (including phenoxy) is 2. The highest BCUT2D eigenvalue weighted by molar-refractivity contribution is 5.44. The Kier molecular flexibility index (Phi) is 5.19. The number of para-hydroxylation sites is 3. The summed E-state index contributed by atoms with van der Waals surface area (Å²) in [6.07, 6.45) is 2.76. The summed E-state index contributed by atoms with van der Waals surface area (Å²) in [5.74, 6) is 2.45. The van der Waals surface area contributed by atoms with Crippen LogP contribution in [0, 0.1) is 6.92 Å². The maximum absolute atomic E-state index is 6.15. The van der Waals surface area contributed by atoms with Gasteiger partial charge in [0.15, 0.2) is 11.5 Å². The summed E-state index contributed by atoms with van der Waals surface area (Å²) in [5, 5.41) is 0. The first-order chi connectivity index (χ1) is 11.2. The highest BCUT2D eigenvalue weighted by atomic mass is 16.5. The van der Waals surface area contributed by atoms with Crippen LogP contribution in [0.25, 0.3) is 0 Å². The lowest BCUT2D eigenvalue weighted by Gasteiger charge is -2.22. The van der Waals surface area contributed by atoms with Crippen LogP contribution in [0.5, 0.6) is 17.2 Å². The third-order valence-corrected chi connectivity index (χ3v) is 4.20. The van der Waals surface area contributed by atoms with Gasteiger partial charge in [0, 0.05) is 6.54 Å². The molecule has 0 saturated carbocycles. The van der Waals surface area contributed by atoms with E-state index in [0.717, 1.165) is 29.4 Å². The van der Waals surface area contributed by atoms with Crippen LogP contribution >= 0.6 is 0 Å². The molecule has 0 bridgehead atoms. The number of rotatable bonds is 6. The van der Waals surface area contributed by atoms with Gasteiger partial charge in [-0.1, -0.05) is 30.3 Å². The van der Waals surface area contributed by atoms with Crippen molar-refractivity contribution in [1.29, 1.82) is 0 Å². The van der Waals surface area contributed by atoms with Crippen molar-refractivity contribution < 1.29 is 9.47 Å². The van der Waals surface area contributed by atoms with Crippen molar-refractivity contribution >= 4 is 0 Å². The quantitative estimate of drug-likeness (QED) is 0.775. The lowest BCUT2D eigenvalue weighted by atomic mass is 10.2. The van der Waals surface area contributed by atoms with Crippen molar-refractivity contribution in [2.24, 2.45) is 0 Å². The van der Waals surface area contributed by atoms with Crippen LogP contribution < -0.4 is 9.47 Å². The smallest absolute Gasteiger partial charge is 0.169 e. The fourth-order valence-corrected chi connectivity index (χ4v) is 3.00. The zero-order valence-electron chi connectivity index (χ0n) is 14.0. The second kappa shape index (κ2) is 7.51. The Hall–Kier alpha value is -2.00. The van der Waals surface area contributed by atoms with Crippen molar-refractivity contribution in [1.82, 2.24) is 4.90 Å². The Morgan fingerprint density at radius 3 is 2.22 bits per heavy atom. The summed E-state index contributed by atoms with van der Waals surface area (Å²) >= 11 is 0. The number of nitrogens with zero attached hydrogens (tertiary/aromatic N) is 1. The van der Waals surface area contributed by atoms with Crippen LogP contribution in [-0.2, 0) is 0 Å². The van der Waals surface area contributed by atoms with Gasteiger partial charge in [-0.2, -0.15) is 0 Å². The van der Waals surface area contributed by atoms with Crippen molar-refractivity contribution in [3.8, 4) is 17.2 Å². The first-order valence-electron chi connectivity index (χ1n) is 8.44. The molecule has 3 heteroatoms. The van der Waals surface area contributed by atoms with E-state index >= 15 is 0 Å². The van der Waals surface area contributed by atoms with Crippen molar-refractivity contribution in [2.75, 3.05) is 19.6 Å². The van der Waals surface area contributed by atoms with E-state index in [0.29, 0.717) is 0 Å². The number of hydrogen-bond donors (Lipinski definition) is 0. The fraction of sp³-hybridized carbons (Fsp3) is 0.400. The minimum Gasteiger partial charge on any atom is -0.485 e. The molecule has 0 amide bonds. The van der Waals surface area contributed by atoms with Crippen LogP contribution in [0.4, 0.5) is 0 Å². The lowest BCUT2D eigenvalue weighted by molar-refractivity contribution is 0.158. The monoisotopic (exact) mass is 311 g/mol. The molecule has 122 valence electrons. The molecule has 2 aromatic carbocycles. The highest BCUT2D eigenvalue weighted by Gasteiger charge is 2.17. The summed E-state index contributed by atoms with van der Waals surface area (Å²) in [6, 6.07) is 16.0. The molecular weight excluding hydrogens is 286 g/mol. The van der Waals surface area contributed by atoms with Gasteiger partial charge in [0.1, 0.15) is 11.9 Å². The molecule has 1 atom stereocenters. The second-order valence-corrected chi connectivity index (χ2v) is 6.25. The van der Waals surface area contributed by atoms with Crippen molar-refractivity contribution in [3.63, 3.8) is 0 Å². The standard InChI is InChI=1S/C20H25NO2/c1-16-9-3-4-10-18(16)23-20-12-6-5-11-19(20)22-17(2)15-21-13-7-8-14-21/h3-6,9-12,17H,7-8,13-15H2,1-2H3. The normalized spacial score (nSPS) is 16.3. The first kappa shape index (κ1) is 15.9. The largest absolute Gasteiger partial charge is 0.485 e. The molecule has 23 heavy (non-hydrogen) atoms. The van der Waals surface area contributed by atoms with Gasteiger partial charge in [-0.3, -0.25) is 4.90 Å². The lowest BCUT2D eigenvalue weighted by Crippen LogP contribution is -2.31. The summed E-state index contributed by atoms with van der Waals surface area (Å²) in [4.78, 5) is 2.47. The van der Waals surface area contributed by atoms with Crippen LogP contribution in [0.15, 0.2) is 48.5 Å². The van der Waals surface area contributed by atoms with E-state index in [2.05, 4.69) is 24.8 Å². The molecule has 0 spiro atoms. The van der Waals surface area contributed by atoms with Gasteiger partial charge in [0.25, 0.3) is 0 Å².